The van der Waals surface area contributed by atoms with Crippen molar-refractivity contribution in [2.75, 3.05) is 0 Å². The largest absolute Gasteiger partial charge is 0.0840 e. The standard InChI is InChI=1S/C7H4Cl3Si/c8-5-1-2-6(9)7(10)4(5)3-11/h1-2H,3H2. The molecule has 0 amide bonds. The third-order valence-electron chi connectivity index (χ3n) is 1.32. The molecule has 0 atom stereocenters. The van der Waals surface area contributed by atoms with Crippen LogP contribution in [0.4, 0.5) is 0 Å². The van der Waals surface area contributed by atoms with Gasteiger partial charge in [-0.05, 0) is 23.7 Å². The third kappa shape index (κ3) is 1.91. The van der Waals surface area contributed by atoms with Gasteiger partial charge in [0.2, 0.25) is 0 Å². The summed E-state index contributed by atoms with van der Waals surface area (Å²) in [4.78, 5) is 0. The highest BCUT2D eigenvalue weighted by atomic mass is 35.5. The number of rotatable bonds is 1. The van der Waals surface area contributed by atoms with Crippen LogP contribution < -0.4 is 0 Å². The second-order valence-electron chi connectivity index (χ2n) is 2.00. The molecule has 0 bridgehead atoms. The average molecular weight is 223 g/mol. The summed E-state index contributed by atoms with van der Waals surface area (Å²) in [5, 5.41) is 1.69. The molecule has 0 unspecified atom stereocenters. The topological polar surface area (TPSA) is 0 Å². The van der Waals surface area contributed by atoms with E-state index in [0.29, 0.717) is 21.1 Å². The molecular formula is C7H4Cl3Si. The fourth-order valence-corrected chi connectivity index (χ4v) is 2.00. The first kappa shape index (κ1) is 9.40. The van der Waals surface area contributed by atoms with Gasteiger partial charge in [0.05, 0.1) is 10.0 Å². The highest BCUT2D eigenvalue weighted by Crippen LogP contribution is 2.30. The van der Waals surface area contributed by atoms with Crippen molar-refractivity contribution in [3.63, 3.8) is 0 Å². The van der Waals surface area contributed by atoms with E-state index in [9.17, 15) is 0 Å². The molecule has 3 radical (unpaired) electrons. The van der Waals surface area contributed by atoms with Gasteiger partial charge in [0.25, 0.3) is 0 Å². The summed E-state index contributed by atoms with van der Waals surface area (Å²) in [7, 11) is 3.31. The molecule has 0 saturated heterocycles. The maximum absolute atomic E-state index is 5.85. The lowest BCUT2D eigenvalue weighted by atomic mass is 10.2. The molecule has 0 nitrogen and oxygen atoms in total. The summed E-state index contributed by atoms with van der Waals surface area (Å²) in [5.74, 6) is 0. The van der Waals surface area contributed by atoms with Crippen LogP contribution in [0.3, 0.4) is 0 Å². The van der Waals surface area contributed by atoms with Gasteiger partial charge >= 0.3 is 0 Å². The molecule has 1 rings (SSSR count). The Kier molecular flexibility index (Phi) is 3.25. The Balaban J connectivity index is 3.29. The average Bonchev–Trinajstić information content (AvgIpc) is 1.99. The van der Waals surface area contributed by atoms with Gasteiger partial charge < -0.3 is 0 Å². The van der Waals surface area contributed by atoms with Crippen LogP contribution >= 0.6 is 34.8 Å². The van der Waals surface area contributed by atoms with Crippen LogP contribution in [0, 0.1) is 0 Å². The molecule has 1 aromatic carbocycles. The van der Waals surface area contributed by atoms with E-state index in [2.05, 4.69) is 10.2 Å². The molecule has 0 heterocycles. The molecule has 0 aliphatic heterocycles. The Morgan fingerprint density at radius 1 is 1.09 bits per heavy atom. The summed E-state index contributed by atoms with van der Waals surface area (Å²) in [5.41, 5.74) is 0.831. The van der Waals surface area contributed by atoms with Crippen molar-refractivity contribution in [3.05, 3.63) is 32.8 Å². The van der Waals surface area contributed by atoms with Crippen molar-refractivity contribution in [1.29, 1.82) is 0 Å². The number of halogens is 3. The molecule has 57 valence electrons. The minimum Gasteiger partial charge on any atom is -0.0840 e. The van der Waals surface area contributed by atoms with Gasteiger partial charge in [-0.15, -0.1) is 0 Å². The summed E-state index contributed by atoms with van der Waals surface area (Å²) in [6.07, 6.45) is 0. The SMILES string of the molecule is [Si]Cc1c(Cl)ccc(Cl)c1Cl. The maximum atomic E-state index is 5.85. The first-order valence-electron chi connectivity index (χ1n) is 2.93. The van der Waals surface area contributed by atoms with E-state index in [1.54, 1.807) is 12.1 Å². The molecule has 0 aliphatic carbocycles. The molecule has 0 aliphatic rings. The van der Waals surface area contributed by atoms with Crippen molar-refractivity contribution in [2.45, 2.75) is 6.04 Å². The Hall–Kier alpha value is 0.307. The zero-order valence-corrected chi connectivity index (χ0v) is 8.76. The Labute approximate surface area is 83.9 Å². The van der Waals surface area contributed by atoms with Crippen molar-refractivity contribution < 1.29 is 0 Å². The number of hydrogen-bond acceptors (Lipinski definition) is 0. The molecule has 0 N–H and O–H groups in total. The molecule has 0 fully saturated rings. The fraction of sp³-hybridized carbons (Fsp3) is 0.143. The monoisotopic (exact) mass is 221 g/mol. The predicted octanol–water partition coefficient (Wildman–Crippen LogP) is 3.32. The Morgan fingerprint density at radius 2 is 1.64 bits per heavy atom. The van der Waals surface area contributed by atoms with Gasteiger partial charge in [0, 0.05) is 15.3 Å². The van der Waals surface area contributed by atoms with Crippen molar-refractivity contribution in [1.82, 2.24) is 0 Å². The molecule has 1 aromatic rings. The van der Waals surface area contributed by atoms with E-state index in [0.717, 1.165) is 5.56 Å². The second-order valence-corrected chi connectivity index (χ2v) is 3.54. The molecular weight excluding hydrogens is 219 g/mol. The quantitative estimate of drug-likeness (QED) is 0.505. The van der Waals surface area contributed by atoms with Crippen LogP contribution in [0.5, 0.6) is 0 Å². The van der Waals surface area contributed by atoms with Gasteiger partial charge in [-0.25, -0.2) is 0 Å². The first-order chi connectivity index (χ1) is 5.16. The highest BCUT2D eigenvalue weighted by molar-refractivity contribution is 6.44. The van der Waals surface area contributed by atoms with Crippen LogP contribution in [0.25, 0.3) is 0 Å². The highest BCUT2D eigenvalue weighted by Gasteiger charge is 2.06. The smallest absolute Gasteiger partial charge is 0.0635 e. The second kappa shape index (κ2) is 3.81. The van der Waals surface area contributed by atoms with Crippen LogP contribution in [-0.4, -0.2) is 10.2 Å². The zero-order chi connectivity index (χ0) is 8.43. The van der Waals surface area contributed by atoms with E-state index in [4.69, 9.17) is 34.8 Å². The van der Waals surface area contributed by atoms with Gasteiger partial charge in [0.15, 0.2) is 0 Å². The van der Waals surface area contributed by atoms with E-state index in [-0.39, 0.29) is 0 Å². The molecule has 11 heavy (non-hydrogen) atoms. The minimum absolute atomic E-state index is 0.522. The van der Waals surface area contributed by atoms with E-state index in [1.807, 2.05) is 0 Å². The number of hydrogen-bond donors (Lipinski definition) is 0. The van der Waals surface area contributed by atoms with Gasteiger partial charge in [0.1, 0.15) is 0 Å². The minimum atomic E-state index is 0.522. The van der Waals surface area contributed by atoms with E-state index >= 15 is 0 Å². The van der Waals surface area contributed by atoms with Gasteiger partial charge in [-0.1, -0.05) is 34.8 Å². The van der Waals surface area contributed by atoms with Crippen molar-refractivity contribution in [2.24, 2.45) is 0 Å². The lowest BCUT2D eigenvalue weighted by molar-refractivity contribution is 1.40. The molecule has 0 aromatic heterocycles. The Morgan fingerprint density at radius 3 is 2.09 bits per heavy atom. The predicted molar refractivity (Wildman–Crippen MR) is 50.9 cm³/mol. The summed E-state index contributed by atoms with van der Waals surface area (Å²) < 4.78 is 0. The van der Waals surface area contributed by atoms with Crippen LogP contribution in [0.15, 0.2) is 12.1 Å². The zero-order valence-electron chi connectivity index (χ0n) is 5.50. The lowest BCUT2D eigenvalue weighted by Crippen LogP contribution is -1.87. The normalized spacial score (nSPS) is 10.2. The van der Waals surface area contributed by atoms with E-state index < -0.39 is 0 Å². The van der Waals surface area contributed by atoms with Crippen LogP contribution in [-0.2, 0) is 6.04 Å². The van der Waals surface area contributed by atoms with E-state index in [1.165, 1.54) is 0 Å². The first-order valence-corrected chi connectivity index (χ1v) is 4.78. The fourth-order valence-electron chi connectivity index (χ4n) is 0.731. The third-order valence-corrected chi connectivity index (χ3v) is 2.87. The Bertz CT molecular complexity index is 273. The molecule has 4 heteroatoms. The van der Waals surface area contributed by atoms with Crippen LogP contribution in [0.1, 0.15) is 5.56 Å². The summed E-state index contributed by atoms with van der Waals surface area (Å²) >= 11 is 17.4. The van der Waals surface area contributed by atoms with Gasteiger partial charge in [-0.3, -0.25) is 0 Å². The van der Waals surface area contributed by atoms with Crippen molar-refractivity contribution in [3.8, 4) is 0 Å². The van der Waals surface area contributed by atoms with Crippen molar-refractivity contribution >= 4 is 45.0 Å². The van der Waals surface area contributed by atoms with Crippen LogP contribution in [0.2, 0.25) is 15.1 Å². The lowest BCUT2D eigenvalue weighted by Gasteiger charge is -2.04. The van der Waals surface area contributed by atoms with Gasteiger partial charge in [-0.2, -0.15) is 0 Å². The summed E-state index contributed by atoms with van der Waals surface area (Å²) in [6.45, 7) is 0. The molecule has 0 saturated carbocycles. The summed E-state index contributed by atoms with van der Waals surface area (Å²) in [6, 6.07) is 4.01. The maximum Gasteiger partial charge on any atom is 0.0635 e. The molecule has 0 spiro atoms. The number of benzene rings is 1.